The highest BCUT2D eigenvalue weighted by atomic mass is 32.1. The molecule has 112 valence electrons. The number of thiophene rings is 1. The van der Waals surface area contributed by atoms with Crippen molar-refractivity contribution in [1.29, 1.82) is 5.26 Å². The molecule has 0 bridgehead atoms. The van der Waals surface area contributed by atoms with Crippen molar-refractivity contribution in [2.45, 2.75) is 45.3 Å². The Labute approximate surface area is 126 Å². The predicted molar refractivity (Wildman–Crippen MR) is 74.5 cm³/mol. The van der Waals surface area contributed by atoms with Gasteiger partial charge in [-0.15, -0.1) is 11.3 Å². The van der Waals surface area contributed by atoms with E-state index in [-0.39, 0.29) is 18.4 Å². The summed E-state index contributed by atoms with van der Waals surface area (Å²) in [4.78, 5) is 23.0. The molecule has 7 heteroatoms. The molecule has 1 aliphatic rings. The van der Waals surface area contributed by atoms with E-state index < -0.39 is 11.9 Å². The van der Waals surface area contributed by atoms with Gasteiger partial charge in [-0.3, -0.25) is 4.79 Å². The zero-order valence-electron chi connectivity index (χ0n) is 11.8. The lowest BCUT2D eigenvalue weighted by Gasteiger charge is -2.29. The van der Waals surface area contributed by atoms with E-state index in [0.29, 0.717) is 23.6 Å². The predicted octanol–water partition coefficient (Wildman–Crippen LogP) is 0.940. The molecule has 0 radical (unpaired) electrons. The van der Waals surface area contributed by atoms with Crippen molar-refractivity contribution >= 4 is 28.2 Å². The molecule has 1 aliphatic heterocycles. The number of nitriles is 1. The van der Waals surface area contributed by atoms with Crippen LogP contribution in [0.5, 0.6) is 0 Å². The third-order valence-electron chi connectivity index (χ3n) is 3.21. The molecule has 6 nitrogen and oxygen atoms in total. The number of hydrogen-bond donors (Lipinski definition) is 1. The number of fused-ring (bicyclic) bond motifs is 1. The molecule has 0 aliphatic carbocycles. The average Bonchev–Trinajstić information content (AvgIpc) is 2.71. The topological polar surface area (TPSA) is 102 Å². The van der Waals surface area contributed by atoms with Crippen LogP contribution in [0.3, 0.4) is 0 Å². The fourth-order valence-electron chi connectivity index (χ4n) is 2.16. The van der Waals surface area contributed by atoms with Gasteiger partial charge in [0, 0.05) is 23.7 Å². The van der Waals surface area contributed by atoms with Crippen LogP contribution in [0.25, 0.3) is 0 Å². The largest absolute Gasteiger partial charge is 0.550 e. The number of carboxylic acid groups (broad SMARTS) is 1. The van der Waals surface area contributed by atoms with Gasteiger partial charge in [-0.05, 0) is 25.8 Å². The van der Waals surface area contributed by atoms with Crippen LogP contribution in [0.1, 0.15) is 42.7 Å². The highest BCUT2D eigenvalue weighted by Crippen LogP contribution is 2.39. The van der Waals surface area contributed by atoms with Crippen molar-refractivity contribution in [3.63, 3.8) is 0 Å². The zero-order chi connectivity index (χ0) is 15.6. The number of aliphatic carboxylic acids is 1. The molecule has 2 rings (SSSR count). The fourth-order valence-corrected chi connectivity index (χ4v) is 3.26. The van der Waals surface area contributed by atoms with Gasteiger partial charge in [0.1, 0.15) is 11.1 Å². The fraction of sp³-hybridized carbons (Fsp3) is 0.500. The number of hydrogen-bond acceptors (Lipinski definition) is 6. The zero-order valence-corrected chi connectivity index (χ0v) is 12.6. The van der Waals surface area contributed by atoms with Crippen molar-refractivity contribution in [2.24, 2.45) is 0 Å². The lowest BCUT2D eigenvalue weighted by molar-refractivity contribution is -0.305. The Bertz CT molecular complexity index is 628. The molecule has 0 aromatic carbocycles. The number of rotatable bonds is 4. The Hall–Kier alpha value is -1.91. The Balaban J connectivity index is 2.19. The second-order valence-corrected chi connectivity index (χ2v) is 6.57. The van der Waals surface area contributed by atoms with Gasteiger partial charge in [-0.1, -0.05) is 0 Å². The minimum Gasteiger partial charge on any atom is -0.550 e. The third kappa shape index (κ3) is 3.60. The molecule has 0 saturated heterocycles. The molecule has 0 atom stereocenters. The minimum absolute atomic E-state index is 0.169. The van der Waals surface area contributed by atoms with Gasteiger partial charge in [-0.25, -0.2) is 0 Å². The first-order valence-corrected chi connectivity index (χ1v) is 7.32. The van der Waals surface area contributed by atoms with E-state index in [1.54, 1.807) is 0 Å². The number of ether oxygens (including phenoxy) is 1. The van der Waals surface area contributed by atoms with Crippen molar-refractivity contribution in [3.8, 4) is 6.07 Å². The number of anilines is 1. The van der Waals surface area contributed by atoms with Crippen LogP contribution in [0.4, 0.5) is 5.00 Å². The Kier molecular flexibility index (Phi) is 4.30. The van der Waals surface area contributed by atoms with Crippen molar-refractivity contribution in [1.82, 2.24) is 0 Å². The van der Waals surface area contributed by atoms with Crippen LogP contribution in [-0.2, 0) is 27.4 Å². The van der Waals surface area contributed by atoms with Crippen molar-refractivity contribution < 1.29 is 19.4 Å². The summed E-state index contributed by atoms with van der Waals surface area (Å²) in [5.41, 5.74) is 1.03. The van der Waals surface area contributed by atoms with E-state index >= 15 is 0 Å². The molecule has 1 N–H and O–H groups in total. The average molecular weight is 307 g/mol. The van der Waals surface area contributed by atoms with Gasteiger partial charge in [0.25, 0.3) is 0 Å². The smallest absolute Gasteiger partial charge is 0.225 e. The first-order chi connectivity index (χ1) is 9.82. The van der Waals surface area contributed by atoms with Gasteiger partial charge in [0.15, 0.2) is 0 Å². The second-order valence-electron chi connectivity index (χ2n) is 5.47. The van der Waals surface area contributed by atoms with Crippen molar-refractivity contribution in [3.05, 3.63) is 16.0 Å². The summed E-state index contributed by atoms with van der Waals surface area (Å²) in [6.07, 6.45) is 0.101. The van der Waals surface area contributed by atoms with Gasteiger partial charge >= 0.3 is 0 Å². The van der Waals surface area contributed by atoms with E-state index in [9.17, 15) is 20.0 Å². The van der Waals surface area contributed by atoms with Gasteiger partial charge in [0.2, 0.25) is 5.91 Å². The number of nitrogens with one attached hydrogen (secondary N) is 1. The summed E-state index contributed by atoms with van der Waals surface area (Å²) in [6, 6.07) is 2.12. The number of nitrogens with zero attached hydrogens (tertiary/aromatic N) is 1. The molecule has 2 heterocycles. The van der Waals surface area contributed by atoms with Crippen molar-refractivity contribution in [2.75, 3.05) is 5.32 Å². The first-order valence-electron chi connectivity index (χ1n) is 6.50. The molecule has 1 amide bonds. The maximum atomic E-state index is 11.7. The van der Waals surface area contributed by atoms with Crippen LogP contribution >= 0.6 is 11.3 Å². The van der Waals surface area contributed by atoms with Crippen LogP contribution < -0.4 is 10.4 Å². The van der Waals surface area contributed by atoms with Crippen LogP contribution in [0, 0.1) is 11.3 Å². The van der Waals surface area contributed by atoms with E-state index in [1.807, 2.05) is 13.8 Å². The summed E-state index contributed by atoms with van der Waals surface area (Å²) in [7, 11) is 0. The summed E-state index contributed by atoms with van der Waals surface area (Å²) >= 11 is 1.31. The SMILES string of the molecule is CC1(C)Cc2c(sc(NC(=O)CCC(=O)[O-])c2C#N)CO1. The van der Waals surface area contributed by atoms with E-state index in [4.69, 9.17) is 4.74 Å². The highest BCUT2D eigenvalue weighted by molar-refractivity contribution is 7.16. The summed E-state index contributed by atoms with van der Waals surface area (Å²) in [5.74, 6) is -1.71. The number of carboxylic acids is 1. The second kappa shape index (κ2) is 5.84. The number of carbonyl (C=O) groups excluding carboxylic acids is 2. The third-order valence-corrected chi connectivity index (χ3v) is 4.33. The lowest BCUT2D eigenvalue weighted by Crippen LogP contribution is -2.31. The van der Waals surface area contributed by atoms with E-state index in [2.05, 4.69) is 11.4 Å². The van der Waals surface area contributed by atoms with Gasteiger partial charge in [0.05, 0.1) is 17.8 Å². The van der Waals surface area contributed by atoms with E-state index in [0.717, 1.165) is 10.4 Å². The highest BCUT2D eigenvalue weighted by Gasteiger charge is 2.31. The maximum Gasteiger partial charge on any atom is 0.225 e. The van der Waals surface area contributed by atoms with E-state index in [1.165, 1.54) is 11.3 Å². The Morgan fingerprint density at radius 2 is 2.19 bits per heavy atom. The molecule has 0 fully saturated rings. The maximum absolute atomic E-state index is 11.7. The quantitative estimate of drug-likeness (QED) is 0.891. The normalized spacial score (nSPS) is 15.9. The lowest BCUT2D eigenvalue weighted by atomic mass is 9.93. The van der Waals surface area contributed by atoms with Crippen LogP contribution in [0.15, 0.2) is 0 Å². The monoisotopic (exact) mass is 307 g/mol. The van der Waals surface area contributed by atoms with Crippen LogP contribution in [-0.4, -0.2) is 17.5 Å². The standard InChI is InChI=1S/C14H16N2O4S/c1-14(2)5-8-9(6-15)13(21-10(8)7-20-14)16-11(17)3-4-12(18)19/h3-5,7H2,1-2H3,(H,16,17)(H,18,19)/p-1. The minimum atomic E-state index is -1.27. The molecular weight excluding hydrogens is 292 g/mol. The molecule has 21 heavy (non-hydrogen) atoms. The Morgan fingerprint density at radius 3 is 2.81 bits per heavy atom. The summed E-state index contributed by atoms with van der Waals surface area (Å²) in [5, 5.41) is 22.8. The molecular formula is C14H15N2O4S-. The molecule has 0 saturated carbocycles. The number of amides is 1. The first kappa shape index (κ1) is 15.5. The molecule has 1 aromatic heterocycles. The molecule has 1 aromatic rings. The van der Waals surface area contributed by atoms with Gasteiger partial charge < -0.3 is 20.0 Å². The summed E-state index contributed by atoms with van der Waals surface area (Å²) in [6.45, 7) is 4.32. The molecule has 0 unspecified atom stereocenters. The van der Waals surface area contributed by atoms with Gasteiger partial charge in [-0.2, -0.15) is 5.26 Å². The van der Waals surface area contributed by atoms with Crippen LogP contribution in [0.2, 0.25) is 0 Å². The number of carbonyl (C=O) groups is 2. The Morgan fingerprint density at radius 1 is 1.48 bits per heavy atom. The summed E-state index contributed by atoms with van der Waals surface area (Å²) < 4.78 is 5.69. The molecule has 0 spiro atoms.